The monoisotopic (exact) mass is 698 g/mol. The molecule has 0 radical (unpaired) electrons. The first kappa shape index (κ1) is 29.1. The van der Waals surface area contributed by atoms with Gasteiger partial charge in [0.25, 0.3) is 0 Å². The van der Waals surface area contributed by atoms with Crippen molar-refractivity contribution in [3.63, 3.8) is 0 Å². The first-order valence-electron chi connectivity index (χ1n) is 18.9. The second-order valence-corrected chi connectivity index (χ2v) is 14.8. The van der Waals surface area contributed by atoms with Crippen molar-refractivity contribution in [2.75, 3.05) is 0 Å². The summed E-state index contributed by atoms with van der Waals surface area (Å²) in [6.45, 7) is 0. The summed E-state index contributed by atoms with van der Waals surface area (Å²) < 4.78 is 11.5. The highest BCUT2D eigenvalue weighted by atomic mass is 16.3. The zero-order valence-corrected chi connectivity index (χ0v) is 29.6. The Morgan fingerprint density at radius 1 is 0.327 bits per heavy atom. The summed E-state index contributed by atoms with van der Waals surface area (Å²) in [5.74, 6) is 0. The Labute approximate surface area is 315 Å². The molecule has 0 unspecified atom stereocenters. The SMILES string of the molecule is c1ccc(-c2cccc(-n3c4ccccc4c4c3ccc3c5c6c(ccc5n(-c5cc7c8c(cccc8c5)-c5ccccc5-7)c34)oc3ccccc36)c2)cc1. The van der Waals surface area contributed by atoms with Crippen LogP contribution in [0, 0.1) is 0 Å². The smallest absolute Gasteiger partial charge is 0.136 e. The van der Waals surface area contributed by atoms with Gasteiger partial charge in [0.05, 0.1) is 22.1 Å². The fraction of sp³-hybridized carbons (Fsp3) is 0. The third kappa shape index (κ3) is 3.84. The standard InChI is InChI=1S/C52H30N2O/c1-2-12-31(13-3-1)32-14-10-16-34(28-32)53-43-22-8-6-19-39(43)50-45(53)25-24-41-49-44(26-27-47-51(49)40-20-7-9-23-46(40)55-47)54(52(41)50)35-29-33-15-11-21-38-36-17-4-5-18-37(36)42(30-35)48(33)38/h1-30H. The van der Waals surface area contributed by atoms with Gasteiger partial charge in [-0.05, 0) is 98.8 Å². The van der Waals surface area contributed by atoms with Crippen LogP contribution in [0.1, 0.15) is 0 Å². The summed E-state index contributed by atoms with van der Waals surface area (Å²) in [4.78, 5) is 0. The number of hydrogen-bond acceptors (Lipinski definition) is 1. The molecule has 0 spiro atoms. The highest BCUT2D eigenvalue weighted by Gasteiger charge is 2.26. The van der Waals surface area contributed by atoms with Crippen molar-refractivity contribution in [3.05, 3.63) is 182 Å². The van der Waals surface area contributed by atoms with E-state index in [1.54, 1.807) is 0 Å². The van der Waals surface area contributed by atoms with Crippen molar-refractivity contribution in [2.45, 2.75) is 0 Å². The summed E-state index contributed by atoms with van der Waals surface area (Å²) in [5.41, 5.74) is 16.4. The van der Waals surface area contributed by atoms with Gasteiger partial charge in [-0.25, -0.2) is 0 Å². The van der Waals surface area contributed by atoms with Crippen LogP contribution in [0.15, 0.2) is 186 Å². The Morgan fingerprint density at radius 3 is 1.95 bits per heavy atom. The quantitative estimate of drug-likeness (QED) is 0.180. The van der Waals surface area contributed by atoms with Gasteiger partial charge in [0.1, 0.15) is 11.2 Å². The van der Waals surface area contributed by atoms with E-state index in [1.807, 2.05) is 0 Å². The van der Waals surface area contributed by atoms with E-state index in [1.165, 1.54) is 87.8 Å². The maximum Gasteiger partial charge on any atom is 0.136 e. The molecule has 3 heterocycles. The van der Waals surface area contributed by atoms with Crippen LogP contribution in [0.2, 0.25) is 0 Å². The molecule has 0 N–H and O–H groups in total. The van der Waals surface area contributed by atoms with Crippen molar-refractivity contribution < 1.29 is 4.42 Å². The molecule has 3 heteroatoms. The third-order valence-corrected chi connectivity index (χ3v) is 12.0. The normalized spacial score (nSPS) is 12.4. The van der Waals surface area contributed by atoms with Gasteiger partial charge in [-0.1, -0.05) is 127 Å². The number of hydrogen-bond donors (Lipinski definition) is 0. The van der Waals surface area contributed by atoms with Gasteiger partial charge in [0.15, 0.2) is 0 Å². The van der Waals surface area contributed by atoms with Gasteiger partial charge in [-0.3, -0.25) is 0 Å². The van der Waals surface area contributed by atoms with Crippen molar-refractivity contribution in [3.8, 4) is 44.8 Å². The van der Waals surface area contributed by atoms with Crippen LogP contribution in [0.3, 0.4) is 0 Å². The van der Waals surface area contributed by atoms with E-state index in [4.69, 9.17) is 4.42 Å². The number of nitrogens with zero attached hydrogens (tertiary/aromatic N) is 2. The van der Waals surface area contributed by atoms with Gasteiger partial charge < -0.3 is 13.6 Å². The van der Waals surface area contributed by atoms with Crippen LogP contribution < -0.4 is 0 Å². The molecule has 3 aromatic heterocycles. The van der Waals surface area contributed by atoms with Crippen LogP contribution in [0.25, 0.3) is 121 Å². The third-order valence-electron chi connectivity index (χ3n) is 12.0. The van der Waals surface area contributed by atoms with E-state index in [0.717, 1.165) is 33.3 Å². The fourth-order valence-corrected chi connectivity index (χ4v) is 9.79. The lowest BCUT2D eigenvalue weighted by Gasteiger charge is -2.13. The predicted molar refractivity (Wildman–Crippen MR) is 230 cm³/mol. The lowest BCUT2D eigenvalue weighted by Crippen LogP contribution is -1.96. The van der Waals surface area contributed by atoms with Gasteiger partial charge in [0, 0.05) is 43.7 Å². The van der Waals surface area contributed by atoms with E-state index in [-0.39, 0.29) is 0 Å². The Balaban J connectivity index is 1.21. The van der Waals surface area contributed by atoms with Crippen LogP contribution in [0.5, 0.6) is 0 Å². The number of furan rings is 1. The van der Waals surface area contributed by atoms with Gasteiger partial charge in [-0.2, -0.15) is 0 Å². The van der Waals surface area contributed by atoms with E-state index < -0.39 is 0 Å². The lowest BCUT2D eigenvalue weighted by molar-refractivity contribution is 0.669. The number of aromatic nitrogens is 2. The fourth-order valence-electron chi connectivity index (χ4n) is 9.79. The zero-order chi connectivity index (χ0) is 35.8. The summed E-state index contributed by atoms with van der Waals surface area (Å²) in [7, 11) is 0. The van der Waals surface area contributed by atoms with E-state index in [2.05, 4.69) is 191 Å². The molecular weight excluding hydrogens is 669 g/mol. The average molecular weight is 699 g/mol. The summed E-state index contributed by atoms with van der Waals surface area (Å²) in [6.07, 6.45) is 0. The molecular formula is C52H30N2O. The minimum Gasteiger partial charge on any atom is -0.456 e. The molecule has 55 heavy (non-hydrogen) atoms. The second-order valence-electron chi connectivity index (χ2n) is 14.8. The van der Waals surface area contributed by atoms with Crippen LogP contribution in [-0.4, -0.2) is 9.13 Å². The largest absolute Gasteiger partial charge is 0.456 e. The molecule has 9 aromatic carbocycles. The van der Waals surface area contributed by atoms with Crippen molar-refractivity contribution in [1.29, 1.82) is 0 Å². The molecule has 254 valence electrons. The zero-order valence-electron chi connectivity index (χ0n) is 29.6. The number of para-hydroxylation sites is 2. The van der Waals surface area contributed by atoms with Crippen molar-refractivity contribution in [1.82, 2.24) is 9.13 Å². The average Bonchev–Trinajstić information content (AvgIpc) is 3.98. The van der Waals surface area contributed by atoms with Crippen LogP contribution in [-0.2, 0) is 0 Å². The summed E-state index contributed by atoms with van der Waals surface area (Å²) >= 11 is 0. The molecule has 1 aliphatic carbocycles. The predicted octanol–water partition coefficient (Wildman–Crippen LogP) is 14.2. The van der Waals surface area contributed by atoms with E-state index in [9.17, 15) is 0 Å². The molecule has 0 amide bonds. The maximum absolute atomic E-state index is 6.52. The molecule has 1 aliphatic rings. The molecule has 0 bridgehead atoms. The second kappa shape index (κ2) is 10.6. The molecule has 3 nitrogen and oxygen atoms in total. The van der Waals surface area contributed by atoms with Gasteiger partial charge in [-0.15, -0.1) is 0 Å². The summed E-state index contributed by atoms with van der Waals surface area (Å²) in [6, 6.07) is 66.5. The van der Waals surface area contributed by atoms with Gasteiger partial charge >= 0.3 is 0 Å². The molecule has 0 atom stereocenters. The van der Waals surface area contributed by atoms with E-state index >= 15 is 0 Å². The Bertz CT molecular complexity index is 3600. The van der Waals surface area contributed by atoms with Crippen molar-refractivity contribution >= 4 is 76.3 Å². The summed E-state index contributed by atoms with van der Waals surface area (Å²) in [5, 5.41) is 9.77. The molecule has 12 aromatic rings. The highest BCUT2D eigenvalue weighted by Crippen LogP contribution is 2.50. The highest BCUT2D eigenvalue weighted by molar-refractivity contribution is 6.33. The minimum absolute atomic E-state index is 0.906. The lowest BCUT2D eigenvalue weighted by atomic mass is 10.0. The first-order valence-corrected chi connectivity index (χ1v) is 18.9. The Morgan fingerprint density at radius 2 is 1.04 bits per heavy atom. The maximum atomic E-state index is 6.52. The van der Waals surface area contributed by atoms with Crippen LogP contribution >= 0.6 is 0 Å². The Kier molecular flexibility index (Phi) is 5.63. The van der Waals surface area contributed by atoms with Crippen LogP contribution in [0.4, 0.5) is 0 Å². The molecule has 0 saturated carbocycles. The minimum atomic E-state index is 0.906. The topological polar surface area (TPSA) is 23.0 Å². The number of rotatable bonds is 3. The number of benzene rings is 9. The van der Waals surface area contributed by atoms with Gasteiger partial charge in [0.2, 0.25) is 0 Å². The van der Waals surface area contributed by atoms with Crippen molar-refractivity contribution in [2.24, 2.45) is 0 Å². The Hall–Kier alpha value is -7.36. The molecule has 0 aliphatic heterocycles. The molecule has 0 saturated heterocycles. The first-order chi connectivity index (χ1) is 27.3. The van der Waals surface area contributed by atoms with E-state index in [0.29, 0.717) is 0 Å². The number of fused-ring (bicyclic) bond motifs is 14. The molecule has 13 rings (SSSR count). The molecule has 0 fully saturated rings.